The number of carbonyl (C=O) groups excluding carboxylic acids is 1. The van der Waals surface area contributed by atoms with Gasteiger partial charge in [0.2, 0.25) is 5.91 Å². The van der Waals surface area contributed by atoms with Gasteiger partial charge in [0, 0.05) is 31.5 Å². The number of nitrogens with one attached hydrogen (secondary N) is 3. The summed E-state index contributed by atoms with van der Waals surface area (Å²) in [5.74, 6) is 1.16. The van der Waals surface area contributed by atoms with Crippen LogP contribution in [0.1, 0.15) is 49.7 Å². The Bertz CT molecular complexity index is 739. The van der Waals surface area contributed by atoms with Gasteiger partial charge in [-0.1, -0.05) is 60.7 Å². The minimum absolute atomic E-state index is 0. The smallest absolute Gasteiger partial charge is 0.220 e. The molecule has 0 spiro atoms. The third-order valence-corrected chi connectivity index (χ3v) is 5.00. The van der Waals surface area contributed by atoms with Crippen molar-refractivity contribution in [3.8, 4) is 0 Å². The molecule has 1 saturated carbocycles. The van der Waals surface area contributed by atoms with Crippen molar-refractivity contribution in [2.45, 2.75) is 44.6 Å². The van der Waals surface area contributed by atoms with E-state index in [0.29, 0.717) is 19.0 Å². The van der Waals surface area contributed by atoms with Crippen LogP contribution in [0.5, 0.6) is 0 Å². The van der Waals surface area contributed by atoms with E-state index in [1.54, 1.807) is 0 Å². The van der Waals surface area contributed by atoms with Gasteiger partial charge in [-0.15, -0.1) is 24.0 Å². The highest BCUT2D eigenvalue weighted by atomic mass is 127. The normalized spacial score (nSPS) is 13.5. The first-order chi connectivity index (χ1) is 14.3. The van der Waals surface area contributed by atoms with Crippen molar-refractivity contribution < 1.29 is 4.79 Å². The quantitative estimate of drug-likeness (QED) is 0.192. The second-order valence-corrected chi connectivity index (χ2v) is 7.47. The van der Waals surface area contributed by atoms with Crippen LogP contribution in [-0.2, 0) is 4.79 Å². The Kier molecular flexibility index (Phi) is 10.7. The van der Waals surface area contributed by atoms with E-state index in [9.17, 15) is 4.79 Å². The minimum atomic E-state index is 0. The number of rotatable bonds is 10. The molecule has 0 heterocycles. The van der Waals surface area contributed by atoms with Gasteiger partial charge in [-0.3, -0.25) is 9.79 Å². The van der Waals surface area contributed by atoms with Gasteiger partial charge in [0.05, 0.1) is 6.54 Å². The van der Waals surface area contributed by atoms with Gasteiger partial charge in [0.25, 0.3) is 0 Å². The standard InChI is InChI=1S/C24H32N4O.HI/c1-2-25-24(26-17-9-14-23(29)28-21-15-16-21)27-18-22(19-10-5-3-6-11-19)20-12-7-4-8-13-20;/h3-8,10-13,21-22H,2,9,14-18H2,1H3,(H,28,29)(H2,25,26,27);1H. The fourth-order valence-electron chi connectivity index (χ4n) is 3.28. The van der Waals surface area contributed by atoms with Crippen molar-refractivity contribution in [2.24, 2.45) is 4.99 Å². The van der Waals surface area contributed by atoms with E-state index in [-0.39, 0.29) is 35.8 Å². The van der Waals surface area contributed by atoms with Crippen molar-refractivity contribution in [1.82, 2.24) is 16.0 Å². The lowest BCUT2D eigenvalue weighted by Crippen LogP contribution is -2.38. The molecule has 2 aromatic rings. The van der Waals surface area contributed by atoms with Crippen LogP contribution in [0.15, 0.2) is 65.7 Å². The van der Waals surface area contributed by atoms with E-state index < -0.39 is 0 Å². The summed E-state index contributed by atoms with van der Waals surface area (Å²) < 4.78 is 0. The molecule has 0 unspecified atom stereocenters. The topological polar surface area (TPSA) is 65.5 Å². The summed E-state index contributed by atoms with van der Waals surface area (Å²) in [6.45, 7) is 4.25. The molecule has 3 N–H and O–H groups in total. The molecule has 5 nitrogen and oxygen atoms in total. The third-order valence-electron chi connectivity index (χ3n) is 5.00. The molecule has 1 aliphatic carbocycles. The van der Waals surface area contributed by atoms with Crippen LogP contribution >= 0.6 is 24.0 Å². The van der Waals surface area contributed by atoms with Crippen LogP contribution in [0.2, 0.25) is 0 Å². The Balaban J connectivity index is 0.00000320. The van der Waals surface area contributed by atoms with E-state index >= 15 is 0 Å². The Labute approximate surface area is 197 Å². The number of hydrogen-bond acceptors (Lipinski definition) is 2. The van der Waals surface area contributed by atoms with Crippen LogP contribution in [0.3, 0.4) is 0 Å². The summed E-state index contributed by atoms with van der Waals surface area (Å²) in [5.41, 5.74) is 2.52. The number of hydrogen-bond donors (Lipinski definition) is 3. The fourth-order valence-corrected chi connectivity index (χ4v) is 3.28. The molecule has 1 aliphatic rings. The highest BCUT2D eigenvalue weighted by molar-refractivity contribution is 14.0. The molecule has 0 radical (unpaired) electrons. The number of guanidine groups is 1. The molecule has 0 aromatic heterocycles. The summed E-state index contributed by atoms with van der Waals surface area (Å²) in [7, 11) is 0. The lowest BCUT2D eigenvalue weighted by Gasteiger charge is -2.18. The Morgan fingerprint density at radius 3 is 2.13 bits per heavy atom. The lowest BCUT2D eigenvalue weighted by molar-refractivity contribution is -0.121. The minimum Gasteiger partial charge on any atom is -0.357 e. The van der Waals surface area contributed by atoms with Gasteiger partial charge in [-0.25, -0.2) is 0 Å². The predicted molar refractivity (Wildman–Crippen MR) is 135 cm³/mol. The van der Waals surface area contributed by atoms with E-state index in [0.717, 1.165) is 38.3 Å². The summed E-state index contributed by atoms with van der Waals surface area (Å²) >= 11 is 0. The van der Waals surface area contributed by atoms with Crippen LogP contribution in [0, 0.1) is 0 Å². The average Bonchev–Trinajstić information content (AvgIpc) is 3.56. The molecular weight excluding hydrogens is 487 g/mol. The first-order valence-electron chi connectivity index (χ1n) is 10.7. The SMILES string of the molecule is CCNC(=NCC(c1ccccc1)c1ccccc1)NCCCC(=O)NC1CC1.I. The number of nitrogens with zero attached hydrogens (tertiary/aromatic N) is 1. The number of carbonyl (C=O) groups is 1. The molecule has 1 fully saturated rings. The van der Waals surface area contributed by atoms with E-state index in [1.165, 1.54) is 11.1 Å². The van der Waals surface area contributed by atoms with Gasteiger partial charge >= 0.3 is 0 Å². The summed E-state index contributed by atoms with van der Waals surface area (Å²) in [6.07, 6.45) is 3.61. The largest absolute Gasteiger partial charge is 0.357 e. The van der Waals surface area contributed by atoms with Gasteiger partial charge in [-0.05, 0) is 37.3 Å². The molecule has 1 amide bonds. The highest BCUT2D eigenvalue weighted by Gasteiger charge is 2.22. The van der Waals surface area contributed by atoms with Crippen LogP contribution in [0.25, 0.3) is 0 Å². The van der Waals surface area contributed by atoms with Crippen molar-refractivity contribution in [3.05, 3.63) is 71.8 Å². The third kappa shape index (κ3) is 8.34. The van der Waals surface area contributed by atoms with Gasteiger partial charge < -0.3 is 16.0 Å². The maximum absolute atomic E-state index is 11.8. The first kappa shape index (κ1) is 24.2. The zero-order valence-electron chi connectivity index (χ0n) is 17.6. The molecule has 0 saturated heterocycles. The van der Waals surface area contributed by atoms with Gasteiger partial charge in [0.1, 0.15) is 0 Å². The zero-order chi connectivity index (χ0) is 20.3. The molecule has 6 heteroatoms. The monoisotopic (exact) mass is 520 g/mol. The van der Waals surface area contributed by atoms with E-state index in [1.807, 2.05) is 12.1 Å². The Morgan fingerprint density at radius 2 is 1.60 bits per heavy atom. The number of amides is 1. The van der Waals surface area contributed by atoms with Crippen molar-refractivity contribution in [1.29, 1.82) is 0 Å². The summed E-state index contributed by atoms with van der Waals surface area (Å²) in [4.78, 5) is 16.6. The van der Waals surface area contributed by atoms with E-state index in [2.05, 4.69) is 71.4 Å². The summed E-state index contributed by atoms with van der Waals surface area (Å²) in [6, 6.07) is 21.4. The average molecular weight is 520 g/mol. The molecule has 0 aliphatic heterocycles. The van der Waals surface area contributed by atoms with E-state index in [4.69, 9.17) is 4.99 Å². The fraction of sp³-hybridized carbons (Fsp3) is 0.417. The molecule has 2 aromatic carbocycles. The van der Waals surface area contributed by atoms with Crippen LogP contribution < -0.4 is 16.0 Å². The number of benzene rings is 2. The predicted octanol–water partition coefficient (Wildman–Crippen LogP) is 4.05. The highest BCUT2D eigenvalue weighted by Crippen LogP contribution is 2.24. The van der Waals surface area contributed by atoms with Crippen LogP contribution in [0.4, 0.5) is 0 Å². The molecular formula is C24H33IN4O. The van der Waals surface area contributed by atoms with Gasteiger partial charge in [0.15, 0.2) is 5.96 Å². The molecule has 30 heavy (non-hydrogen) atoms. The first-order valence-corrected chi connectivity index (χ1v) is 10.7. The molecule has 0 bridgehead atoms. The van der Waals surface area contributed by atoms with Gasteiger partial charge in [-0.2, -0.15) is 0 Å². The molecule has 3 rings (SSSR count). The second kappa shape index (κ2) is 13.3. The number of halogens is 1. The van der Waals surface area contributed by atoms with Crippen molar-refractivity contribution in [3.63, 3.8) is 0 Å². The van der Waals surface area contributed by atoms with Crippen molar-refractivity contribution in [2.75, 3.05) is 19.6 Å². The van der Waals surface area contributed by atoms with Crippen molar-refractivity contribution >= 4 is 35.8 Å². The maximum Gasteiger partial charge on any atom is 0.220 e. The molecule has 0 atom stereocenters. The second-order valence-electron chi connectivity index (χ2n) is 7.47. The number of aliphatic imine (C=N–C) groups is 1. The Hall–Kier alpha value is -2.09. The molecule has 162 valence electrons. The Morgan fingerprint density at radius 1 is 1.00 bits per heavy atom. The maximum atomic E-state index is 11.8. The summed E-state index contributed by atoms with van der Waals surface area (Å²) in [5, 5.41) is 9.70. The van der Waals surface area contributed by atoms with Crippen LogP contribution in [-0.4, -0.2) is 37.5 Å². The lowest BCUT2D eigenvalue weighted by atomic mass is 9.91. The zero-order valence-corrected chi connectivity index (χ0v) is 20.0.